The second-order valence-corrected chi connectivity index (χ2v) is 5.55. The molecule has 6 nitrogen and oxygen atoms in total. The number of hydrogen-bond donors (Lipinski definition) is 1. The van der Waals surface area contributed by atoms with Crippen molar-refractivity contribution in [3.05, 3.63) is 58.4 Å². The van der Waals surface area contributed by atoms with Crippen LogP contribution in [0.1, 0.15) is 23.4 Å². The van der Waals surface area contributed by atoms with Gasteiger partial charge in [0.05, 0.1) is 40.9 Å². The molecule has 0 radical (unpaired) electrons. The quantitative estimate of drug-likeness (QED) is 0.743. The van der Waals surface area contributed by atoms with Crippen LogP contribution in [0.4, 0.5) is 19.1 Å². The van der Waals surface area contributed by atoms with E-state index in [-0.39, 0.29) is 12.2 Å². The molecule has 3 aromatic rings. The molecule has 130 valence electrons. The fourth-order valence-electron chi connectivity index (χ4n) is 2.05. The van der Waals surface area contributed by atoms with E-state index in [0.29, 0.717) is 22.4 Å². The van der Waals surface area contributed by atoms with Crippen molar-refractivity contribution in [1.29, 1.82) is 0 Å². The predicted octanol–water partition coefficient (Wildman–Crippen LogP) is 3.71. The van der Waals surface area contributed by atoms with Gasteiger partial charge >= 0.3 is 0 Å². The lowest BCUT2D eigenvalue weighted by Crippen LogP contribution is -2.04. The molecule has 0 unspecified atom stereocenters. The average molecular weight is 369 g/mol. The summed E-state index contributed by atoms with van der Waals surface area (Å²) >= 11 is 5.86. The van der Waals surface area contributed by atoms with Crippen LogP contribution in [0.5, 0.6) is 0 Å². The Bertz CT molecular complexity index is 899. The summed E-state index contributed by atoms with van der Waals surface area (Å²) < 4.78 is 40.2. The molecule has 2 heterocycles. The number of benzene rings is 1. The minimum absolute atomic E-state index is 0.268. The summed E-state index contributed by atoms with van der Waals surface area (Å²) in [4.78, 5) is 8.18. The Morgan fingerprint density at radius 2 is 2.12 bits per heavy atom. The van der Waals surface area contributed by atoms with Crippen LogP contribution in [-0.4, -0.2) is 25.0 Å². The fraction of sp³-hybridized carbons (Fsp3) is 0.200. The Labute approximate surface area is 145 Å². The number of halogens is 4. The van der Waals surface area contributed by atoms with Crippen LogP contribution in [0.25, 0.3) is 5.69 Å². The average Bonchev–Trinajstić information content (AvgIpc) is 3.05. The predicted molar refractivity (Wildman–Crippen MR) is 85.4 cm³/mol. The molecule has 3 rings (SSSR count). The molecule has 0 aliphatic rings. The maximum Gasteiger partial charge on any atom is 0.266 e. The first-order valence-corrected chi connectivity index (χ1v) is 7.54. The second kappa shape index (κ2) is 7.06. The van der Waals surface area contributed by atoms with Gasteiger partial charge < -0.3 is 5.32 Å². The molecule has 0 aliphatic heterocycles. The van der Waals surface area contributed by atoms with Crippen molar-refractivity contribution in [1.82, 2.24) is 25.0 Å². The third-order valence-corrected chi connectivity index (χ3v) is 3.74. The standard InChI is InChI=1S/C15H12ClF3N6/c1-8-12(16)6-21-15(22-8)20-5-9-7-25(24-23-9)10-2-3-13(17)11(4-10)14(18)19/h2-4,6-7,14H,5H2,1H3,(H,20,21,22). The van der Waals surface area contributed by atoms with E-state index in [9.17, 15) is 13.2 Å². The van der Waals surface area contributed by atoms with Gasteiger partial charge in [-0.1, -0.05) is 16.8 Å². The molecular weight excluding hydrogens is 357 g/mol. The highest BCUT2D eigenvalue weighted by Gasteiger charge is 2.15. The van der Waals surface area contributed by atoms with E-state index in [0.717, 1.165) is 12.1 Å². The maximum absolute atomic E-state index is 13.4. The minimum atomic E-state index is -2.91. The Hall–Kier alpha value is -2.68. The Morgan fingerprint density at radius 1 is 1.32 bits per heavy atom. The van der Waals surface area contributed by atoms with Gasteiger partial charge in [-0.2, -0.15) is 0 Å². The molecular formula is C15H12ClF3N6. The van der Waals surface area contributed by atoms with Gasteiger partial charge in [0.25, 0.3) is 6.43 Å². The van der Waals surface area contributed by atoms with E-state index in [1.165, 1.54) is 23.1 Å². The highest BCUT2D eigenvalue weighted by Crippen LogP contribution is 2.24. The first-order valence-electron chi connectivity index (χ1n) is 7.16. The SMILES string of the molecule is Cc1nc(NCc2cn(-c3ccc(F)c(C(F)F)c3)nn2)ncc1Cl. The number of nitrogens with zero attached hydrogens (tertiary/aromatic N) is 5. The first kappa shape index (κ1) is 17.2. The number of aryl methyl sites for hydroxylation is 1. The summed E-state index contributed by atoms with van der Waals surface area (Å²) in [6, 6.07) is 3.36. The van der Waals surface area contributed by atoms with Gasteiger partial charge in [-0.05, 0) is 25.1 Å². The number of aromatic nitrogens is 5. The van der Waals surface area contributed by atoms with Crippen LogP contribution in [0, 0.1) is 12.7 Å². The largest absolute Gasteiger partial charge is 0.348 e. The zero-order chi connectivity index (χ0) is 18.0. The van der Waals surface area contributed by atoms with Gasteiger partial charge in [-0.3, -0.25) is 0 Å². The zero-order valence-corrected chi connectivity index (χ0v) is 13.7. The summed E-state index contributed by atoms with van der Waals surface area (Å²) in [5.41, 5.74) is 0.763. The van der Waals surface area contributed by atoms with Gasteiger partial charge in [0.15, 0.2) is 0 Å². The van der Waals surface area contributed by atoms with Crippen LogP contribution in [-0.2, 0) is 6.54 Å². The fourth-order valence-corrected chi connectivity index (χ4v) is 2.14. The number of alkyl halides is 2. The van der Waals surface area contributed by atoms with Crippen LogP contribution < -0.4 is 5.32 Å². The van der Waals surface area contributed by atoms with Crippen LogP contribution in [0.2, 0.25) is 5.02 Å². The van der Waals surface area contributed by atoms with E-state index in [4.69, 9.17) is 11.6 Å². The molecule has 0 bridgehead atoms. The van der Waals surface area contributed by atoms with Crippen molar-refractivity contribution in [2.45, 2.75) is 19.9 Å². The molecule has 0 fully saturated rings. The van der Waals surface area contributed by atoms with Crippen molar-refractivity contribution in [3.63, 3.8) is 0 Å². The van der Waals surface area contributed by atoms with Crippen molar-refractivity contribution in [2.24, 2.45) is 0 Å². The number of hydrogen-bond acceptors (Lipinski definition) is 5. The van der Waals surface area contributed by atoms with Crippen LogP contribution >= 0.6 is 11.6 Å². The lowest BCUT2D eigenvalue weighted by Gasteiger charge is -2.05. The smallest absolute Gasteiger partial charge is 0.266 e. The van der Waals surface area contributed by atoms with Gasteiger partial charge in [-0.25, -0.2) is 27.8 Å². The minimum Gasteiger partial charge on any atom is -0.348 e. The zero-order valence-electron chi connectivity index (χ0n) is 12.9. The highest BCUT2D eigenvalue weighted by atomic mass is 35.5. The molecule has 10 heteroatoms. The summed E-state index contributed by atoms with van der Waals surface area (Å²) in [7, 11) is 0. The molecule has 0 amide bonds. The second-order valence-electron chi connectivity index (χ2n) is 5.14. The topological polar surface area (TPSA) is 68.5 Å². The first-order chi connectivity index (χ1) is 11.9. The van der Waals surface area contributed by atoms with E-state index in [1.807, 2.05) is 0 Å². The van der Waals surface area contributed by atoms with E-state index in [1.54, 1.807) is 6.92 Å². The molecule has 0 saturated heterocycles. The Kier molecular flexibility index (Phi) is 4.84. The molecule has 1 N–H and O–H groups in total. The third kappa shape index (κ3) is 3.87. The number of nitrogens with one attached hydrogen (secondary N) is 1. The lowest BCUT2D eigenvalue weighted by atomic mass is 10.2. The van der Waals surface area contributed by atoms with E-state index < -0.39 is 17.8 Å². The molecule has 0 saturated carbocycles. The number of rotatable bonds is 5. The van der Waals surface area contributed by atoms with Crippen LogP contribution in [0.15, 0.2) is 30.6 Å². The maximum atomic E-state index is 13.4. The van der Waals surface area contributed by atoms with Gasteiger partial charge in [0, 0.05) is 0 Å². The molecule has 2 aromatic heterocycles. The van der Waals surface area contributed by atoms with Crippen LogP contribution in [0.3, 0.4) is 0 Å². The highest BCUT2D eigenvalue weighted by molar-refractivity contribution is 6.31. The third-order valence-electron chi connectivity index (χ3n) is 3.37. The van der Waals surface area contributed by atoms with Crippen molar-refractivity contribution in [2.75, 3.05) is 5.32 Å². The Balaban J connectivity index is 1.74. The number of anilines is 1. The van der Waals surface area contributed by atoms with E-state index in [2.05, 4.69) is 25.6 Å². The lowest BCUT2D eigenvalue weighted by molar-refractivity contribution is 0.146. The monoisotopic (exact) mass is 368 g/mol. The summed E-state index contributed by atoms with van der Waals surface area (Å²) in [6.07, 6.45) is 0.112. The van der Waals surface area contributed by atoms with Gasteiger partial charge in [-0.15, -0.1) is 5.10 Å². The van der Waals surface area contributed by atoms with Gasteiger partial charge in [0.1, 0.15) is 11.5 Å². The van der Waals surface area contributed by atoms with Crippen molar-refractivity contribution >= 4 is 17.5 Å². The summed E-state index contributed by atoms with van der Waals surface area (Å²) in [5.74, 6) is -0.589. The summed E-state index contributed by atoms with van der Waals surface area (Å²) in [5, 5.41) is 11.2. The molecule has 0 atom stereocenters. The summed E-state index contributed by atoms with van der Waals surface area (Å²) in [6.45, 7) is 2.02. The molecule has 0 spiro atoms. The normalized spacial score (nSPS) is 11.1. The molecule has 25 heavy (non-hydrogen) atoms. The van der Waals surface area contributed by atoms with Crippen molar-refractivity contribution < 1.29 is 13.2 Å². The van der Waals surface area contributed by atoms with Gasteiger partial charge in [0.2, 0.25) is 5.95 Å². The Morgan fingerprint density at radius 3 is 2.84 bits per heavy atom. The van der Waals surface area contributed by atoms with Crippen molar-refractivity contribution in [3.8, 4) is 5.69 Å². The van der Waals surface area contributed by atoms with E-state index >= 15 is 0 Å². The molecule has 1 aromatic carbocycles. The molecule has 0 aliphatic carbocycles.